The number of carbonyl (C=O) groups excluding carboxylic acids is 1. The lowest BCUT2D eigenvalue weighted by Crippen LogP contribution is -2.37. The van der Waals surface area contributed by atoms with Gasteiger partial charge in [-0.1, -0.05) is 116 Å². The number of quaternary nitrogens is 1. The van der Waals surface area contributed by atoms with Crippen molar-refractivity contribution in [1.29, 1.82) is 0 Å². The Hall–Kier alpha value is -0.260. The van der Waals surface area contributed by atoms with Crippen LogP contribution in [0, 0.1) is 5.92 Å². The van der Waals surface area contributed by atoms with Crippen LogP contribution < -0.4 is 0 Å². The van der Waals surface area contributed by atoms with Crippen LogP contribution in [-0.2, 0) is 18.4 Å². The molecule has 0 aliphatic carbocycles. The summed E-state index contributed by atoms with van der Waals surface area (Å²) in [5.41, 5.74) is 0. The van der Waals surface area contributed by atoms with Crippen molar-refractivity contribution in [2.75, 3.05) is 40.9 Å². The number of rotatable bonds is 27. The summed E-state index contributed by atoms with van der Waals surface area (Å²) in [5, 5.41) is 0. The third-order valence-electron chi connectivity index (χ3n) is 6.78. The maximum Gasteiger partial charge on any atom is 0.472 e. The predicted molar refractivity (Wildman–Crippen MR) is 152 cm³/mol. The molecule has 2 unspecified atom stereocenters. The van der Waals surface area contributed by atoms with Crippen molar-refractivity contribution in [1.82, 2.24) is 0 Å². The lowest BCUT2D eigenvalue weighted by molar-refractivity contribution is -0.870. The van der Waals surface area contributed by atoms with Gasteiger partial charge in [-0.05, 0) is 19.3 Å². The SMILES string of the molecule is CCCCCCCCCCCCCCCCCCCC(COP(=O)(O)OCC[N+](C)(C)C)CC(C)=O. The first-order valence-electron chi connectivity index (χ1n) is 15.0. The first-order chi connectivity index (χ1) is 17.1. The fourth-order valence-corrected chi connectivity index (χ4v) is 5.26. The lowest BCUT2D eigenvalue weighted by atomic mass is 9.96. The molecule has 0 aromatic carbocycles. The molecule has 1 N–H and O–H groups in total. The van der Waals surface area contributed by atoms with Crippen LogP contribution in [0.2, 0.25) is 0 Å². The van der Waals surface area contributed by atoms with E-state index in [1.165, 1.54) is 96.3 Å². The zero-order valence-corrected chi connectivity index (χ0v) is 25.5. The molecule has 6 nitrogen and oxygen atoms in total. The Bertz CT molecular complexity index is 564. The number of nitrogens with zero attached hydrogens (tertiary/aromatic N) is 1. The van der Waals surface area contributed by atoms with Gasteiger partial charge in [-0.3, -0.25) is 9.05 Å². The second-order valence-electron chi connectivity index (χ2n) is 11.8. The van der Waals surface area contributed by atoms with Crippen LogP contribution in [0.5, 0.6) is 0 Å². The van der Waals surface area contributed by atoms with Gasteiger partial charge in [-0.25, -0.2) is 4.57 Å². The summed E-state index contributed by atoms with van der Waals surface area (Å²) < 4.78 is 23.1. The molecule has 7 heteroatoms. The predicted octanol–water partition coefficient (Wildman–Crippen LogP) is 8.46. The Morgan fingerprint density at radius 3 is 1.56 bits per heavy atom. The second-order valence-corrected chi connectivity index (χ2v) is 13.3. The maximum absolute atomic E-state index is 12.1. The molecule has 0 fully saturated rings. The van der Waals surface area contributed by atoms with Crippen LogP contribution in [0.25, 0.3) is 0 Å². The van der Waals surface area contributed by atoms with Gasteiger partial charge in [-0.15, -0.1) is 0 Å². The van der Waals surface area contributed by atoms with Crippen molar-refractivity contribution < 1.29 is 27.8 Å². The highest BCUT2D eigenvalue weighted by atomic mass is 31.2. The fraction of sp³-hybridized carbons (Fsp3) is 0.966. The van der Waals surface area contributed by atoms with Crippen LogP contribution in [0.15, 0.2) is 0 Å². The second kappa shape index (κ2) is 22.7. The van der Waals surface area contributed by atoms with Crippen LogP contribution in [0.1, 0.15) is 136 Å². The minimum Gasteiger partial charge on any atom is -0.329 e. The minimum absolute atomic E-state index is 0.0266. The third-order valence-corrected chi connectivity index (χ3v) is 7.77. The van der Waals surface area contributed by atoms with Crippen molar-refractivity contribution >= 4 is 13.6 Å². The zero-order valence-electron chi connectivity index (χ0n) is 24.6. The molecule has 0 heterocycles. The molecular weight excluding hydrogens is 473 g/mol. The number of Topliss-reactive ketones (excluding diaryl/α,β-unsaturated/α-hetero) is 1. The molecule has 0 amide bonds. The molecule has 0 aromatic rings. The molecular formula is C29H61NO5P+. The van der Waals surface area contributed by atoms with Gasteiger partial charge in [0.2, 0.25) is 0 Å². The number of unbranched alkanes of at least 4 members (excludes halogenated alkanes) is 16. The van der Waals surface area contributed by atoms with Crippen molar-refractivity contribution in [3.8, 4) is 0 Å². The van der Waals surface area contributed by atoms with E-state index in [4.69, 9.17) is 9.05 Å². The highest BCUT2D eigenvalue weighted by Gasteiger charge is 2.25. The third kappa shape index (κ3) is 26.8. The molecule has 0 radical (unpaired) electrons. The van der Waals surface area contributed by atoms with Crippen LogP contribution in [0.3, 0.4) is 0 Å². The van der Waals surface area contributed by atoms with E-state index in [9.17, 15) is 14.3 Å². The lowest BCUT2D eigenvalue weighted by Gasteiger charge is -2.24. The van der Waals surface area contributed by atoms with Gasteiger partial charge in [0.05, 0.1) is 27.7 Å². The van der Waals surface area contributed by atoms with Crippen LogP contribution in [-0.4, -0.2) is 56.1 Å². The fourth-order valence-electron chi connectivity index (χ4n) is 4.48. The van der Waals surface area contributed by atoms with E-state index in [1.54, 1.807) is 6.92 Å². The van der Waals surface area contributed by atoms with Gasteiger partial charge in [-0.2, -0.15) is 0 Å². The first-order valence-corrected chi connectivity index (χ1v) is 16.5. The number of carbonyl (C=O) groups is 1. The van der Waals surface area contributed by atoms with E-state index in [1.807, 2.05) is 21.1 Å². The van der Waals surface area contributed by atoms with Gasteiger partial charge in [0.1, 0.15) is 18.9 Å². The molecule has 216 valence electrons. The van der Waals surface area contributed by atoms with E-state index in [2.05, 4.69) is 6.92 Å². The van der Waals surface area contributed by atoms with Gasteiger partial charge >= 0.3 is 7.82 Å². The molecule has 2 atom stereocenters. The molecule has 0 saturated heterocycles. The highest BCUT2D eigenvalue weighted by Crippen LogP contribution is 2.44. The molecule has 0 aromatic heterocycles. The highest BCUT2D eigenvalue weighted by molar-refractivity contribution is 7.47. The molecule has 36 heavy (non-hydrogen) atoms. The largest absolute Gasteiger partial charge is 0.472 e. The number of ketones is 1. The number of hydrogen-bond donors (Lipinski definition) is 1. The van der Waals surface area contributed by atoms with Crippen LogP contribution in [0.4, 0.5) is 0 Å². The van der Waals surface area contributed by atoms with E-state index < -0.39 is 7.82 Å². The summed E-state index contributed by atoms with van der Waals surface area (Å²) in [4.78, 5) is 21.6. The Morgan fingerprint density at radius 2 is 1.17 bits per heavy atom. The quantitative estimate of drug-likeness (QED) is 0.0650. The van der Waals surface area contributed by atoms with Gasteiger partial charge in [0.15, 0.2) is 0 Å². The number of phosphoric acid groups is 1. The zero-order chi connectivity index (χ0) is 27.1. The average Bonchev–Trinajstić information content (AvgIpc) is 2.78. The van der Waals surface area contributed by atoms with E-state index in [-0.39, 0.29) is 24.9 Å². The molecule has 0 rings (SSSR count). The number of hydrogen-bond acceptors (Lipinski definition) is 4. The van der Waals surface area contributed by atoms with E-state index >= 15 is 0 Å². The standard InChI is InChI=1S/C29H60NO5P/c1-6-7-8-9-10-11-12-13-14-15-16-17-18-19-20-21-22-23-29(26-28(2)31)27-35-36(32,33)34-25-24-30(3,4)5/h29H,6-27H2,1-5H3/p+1. The summed E-state index contributed by atoms with van der Waals surface area (Å²) >= 11 is 0. The topological polar surface area (TPSA) is 72.8 Å². The maximum atomic E-state index is 12.1. The van der Waals surface area contributed by atoms with Gasteiger partial charge in [0, 0.05) is 6.42 Å². The van der Waals surface area contributed by atoms with Crippen molar-refractivity contribution in [3.05, 3.63) is 0 Å². The van der Waals surface area contributed by atoms with E-state index in [0.717, 1.165) is 19.3 Å². The molecule has 0 aliphatic heterocycles. The van der Waals surface area contributed by atoms with Crippen molar-refractivity contribution in [2.24, 2.45) is 5.92 Å². The van der Waals surface area contributed by atoms with Gasteiger partial charge < -0.3 is 14.2 Å². The normalized spacial score (nSPS) is 14.6. The number of phosphoric ester groups is 1. The molecule has 0 bridgehead atoms. The summed E-state index contributed by atoms with van der Waals surface area (Å²) in [6.07, 6.45) is 24.0. The summed E-state index contributed by atoms with van der Waals surface area (Å²) in [6, 6.07) is 0. The first kappa shape index (κ1) is 35.7. The Morgan fingerprint density at radius 1 is 0.750 bits per heavy atom. The minimum atomic E-state index is -4.07. The Balaban J connectivity index is 3.74. The van der Waals surface area contributed by atoms with E-state index in [0.29, 0.717) is 17.4 Å². The number of likely N-dealkylation sites (N-methyl/N-ethyl adjacent to an activating group) is 1. The smallest absolute Gasteiger partial charge is 0.329 e. The molecule has 0 aliphatic rings. The summed E-state index contributed by atoms with van der Waals surface area (Å²) in [6.45, 7) is 4.71. The van der Waals surface area contributed by atoms with Crippen LogP contribution >= 0.6 is 7.82 Å². The summed E-state index contributed by atoms with van der Waals surface area (Å²) in [5.74, 6) is 0.0654. The van der Waals surface area contributed by atoms with Crippen molar-refractivity contribution in [3.63, 3.8) is 0 Å². The summed E-state index contributed by atoms with van der Waals surface area (Å²) in [7, 11) is 1.91. The molecule has 0 saturated carbocycles. The van der Waals surface area contributed by atoms with Crippen molar-refractivity contribution in [2.45, 2.75) is 136 Å². The molecule has 0 spiro atoms. The Labute approximate surface area is 224 Å². The monoisotopic (exact) mass is 534 g/mol. The average molecular weight is 535 g/mol. The Kier molecular flexibility index (Phi) is 22.5. The van der Waals surface area contributed by atoms with Gasteiger partial charge in [0.25, 0.3) is 0 Å².